The van der Waals surface area contributed by atoms with Crippen molar-refractivity contribution in [1.82, 2.24) is 5.32 Å². The summed E-state index contributed by atoms with van der Waals surface area (Å²) in [7, 11) is 0. The molecule has 2 fully saturated rings. The lowest BCUT2D eigenvalue weighted by atomic mass is 9.97. The van der Waals surface area contributed by atoms with Gasteiger partial charge in [-0.3, -0.25) is 4.79 Å². The van der Waals surface area contributed by atoms with Crippen LogP contribution in [0.2, 0.25) is 0 Å². The van der Waals surface area contributed by atoms with E-state index in [1.807, 2.05) is 13.0 Å². The Balaban J connectivity index is 1.54. The fraction of sp³-hybridized carbons (Fsp3) is 0.904. The molecule has 0 radical (unpaired) electrons. The smallest absolute Gasteiger partial charge is 0.220 e. The molecule has 2 saturated heterocycles. The summed E-state index contributed by atoms with van der Waals surface area (Å²) in [4.78, 5) is 13.0. The fourth-order valence-electron chi connectivity index (χ4n) is 8.76. The van der Waals surface area contributed by atoms with E-state index in [0.29, 0.717) is 6.42 Å². The molecule has 14 nitrogen and oxygen atoms in total. The Bertz CT molecular complexity index is 1210. The zero-order chi connectivity index (χ0) is 48.2. The van der Waals surface area contributed by atoms with Crippen LogP contribution in [0.3, 0.4) is 0 Å². The van der Waals surface area contributed by atoms with Crippen LogP contribution < -0.4 is 5.32 Å². The maximum atomic E-state index is 13.0. The van der Waals surface area contributed by atoms with Gasteiger partial charge in [-0.1, -0.05) is 186 Å². The summed E-state index contributed by atoms with van der Waals surface area (Å²) in [5, 5.41) is 85.9. The van der Waals surface area contributed by atoms with Gasteiger partial charge in [0, 0.05) is 6.42 Å². The Kier molecular flexibility index (Phi) is 36.0. The molecule has 388 valence electrons. The SMILES string of the molecule is CCC/C=C/C(O)C(COC1OC(CO)C(OC2OC(CO)C(O)C(O)C2O)C(O)C1O)NC(=O)CCCCCCCCCCCCCCCCCCC/C=C\CCCCCCCCCC. The lowest BCUT2D eigenvalue weighted by molar-refractivity contribution is -0.359. The zero-order valence-corrected chi connectivity index (χ0v) is 41.2. The van der Waals surface area contributed by atoms with Gasteiger partial charge in [0.25, 0.3) is 0 Å². The minimum Gasteiger partial charge on any atom is -0.394 e. The minimum atomic E-state index is -1.78. The van der Waals surface area contributed by atoms with Crippen LogP contribution in [-0.2, 0) is 23.7 Å². The Morgan fingerprint density at radius 1 is 0.530 bits per heavy atom. The average Bonchev–Trinajstić information content (AvgIpc) is 3.31. The van der Waals surface area contributed by atoms with Crippen LogP contribution in [0, 0.1) is 0 Å². The summed E-state index contributed by atoms with van der Waals surface area (Å²) < 4.78 is 22.5. The quantitative estimate of drug-likeness (QED) is 0.0216. The summed E-state index contributed by atoms with van der Waals surface area (Å²) >= 11 is 0. The molecule has 0 saturated carbocycles. The molecule has 0 aromatic carbocycles. The van der Waals surface area contributed by atoms with Gasteiger partial charge in [0.1, 0.15) is 48.8 Å². The maximum absolute atomic E-state index is 13.0. The number of carbonyl (C=O) groups is 1. The second-order valence-electron chi connectivity index (χ2n) is 19.0. The molecule has 2 aliphatic rings. The van der Waals surface area contributed by atoms with E-state index in [0.717, 1.165) is 32.1 Å². The van der Waals surface area contributed by atoms with Gasteiger partial charge in [-0.25, -0.2) is 0 Å². The first-order valence-electron chi connectivity index (χ1n) is 26.6. The number of carbonyl (C=O) groups excluding carboxylic acids is 1. The van der Waals surface area contributed by atoms with Crippen molar-refractivity contribution < 1.29 is 64.6 Å². The average molecular weight is 944 g/mol. The van der Waals surface area contributed by atoms with E-state index in [-0.39, 0.29) is 18.9 Å². The number of aliphatic hydroxyl groups excluding tert-OH is 8. The third kappa shape index (κ3) is 25.9. The van der Waals surface area contributed by atoms with Gasteiger partial charge in [-0.05, 0) is 38.5 Å². The lowest BCUT2D eigenvalue weighted by Gasteiger charge is -2.46. The number of amides is 1. The Hall–Kier alpha value is -1.53. The molecule has 2 aliphatic heterocycles. The Labute approximate surface area is 398 Å². The second-order valence-corrected chi connectivity index (χ2v) is 19.0. The monoisotopic (exact) mass is 944 g/mol. The van der Waals surface area contributed by atoms with E-state index in [1.165, 1.54) is 148 Å². The van der Waals surface area contributed by atoms with Crippen molar-refractivity contribution in [2.24, 2.45) is 0 Å². The normalized spacial score (nSPS) is 26.9. The molecule has 1 amide bonds. The van der Waals surface area contributed by atoms with Crippen molar-refractivity contribution in [2.75, 3.05) is 19.8 Å². The number of rotatable bonds is 41. The highest BCUT2D eigenvalue weighted by Gasteiger charge is 2.51. The van der Waals surface area contributed by atoms with Gasteiger partial charge in [0.2, 0.25) is 5.91 Å². The van der Waals surface area contributed by atoms with Gasteiger partial charge in [-0.2, -0.15) is 0 Å². The minimum absolute atomic E-state index is 0.249. The van der Waals surface area contributed by atoms with E-state index in [4.69, 9.17) is 18.9 Å². The highest BCUT2D eigenvalue weighted by Crippen LogP contribution is 2.30. The molecule has 14 heteroatoms. The summed E-state index contributed by atoms with van der Waals surface area (Å²) in [6, 6.07) is -0.907. The fourth-order valence-corrected chi connectivity index (χ4v) is 8.76. The second kappa shape index (κ2) is 39.2. The van der Waals surface area contributed by atoms with Crippen molar-refractivity contribution in [1.29, 1.82) is 0 Å². The van der Waals surface area contributed by atoms with Crippen molar-refractivity contribution in [3.63, 3.8) is 0 Å². The summed E-state index contributed by atoms with van der Waals surface area (Å²) in [5.74, 6) is -0.249. The lowest BCUT2D eigenvalue weighted by Crippen LogP contribution is -2.65. The van der Waals surface area contributed by atoms with E-state index < -0.39 is 86.8 Å². The number of aliphatic hydroxyl groups is 8. The first-order valence-corrected chi connectivity index (χ1v) is 26.6. The molecule has 66 heavy (non-hydrogen) atoms. The molecule has 12 atom stereocenters. The third-order valence-corrected chi connectivity index (χ3v) is 13.1. The molecule has 12 unspecified atom stereocenters. The number of hydrogen-bond acceptors (Lipinski definition) is 13. The van der Waals surface area contributed by atoms with Crippen LogP contribution in [0.25, 0.3) is 0 Å². The largest absolute Gasteiger partial charge is 0.394 e. The van der Waals surface area contributed by atoms with Crippen LogP contribution in [0.4, 0.5) is 0 Å². The van der Waals surface area contributed by atoms with Gasteiger partial charge in [-0.15, -0.1) is 0 Å². The molecule has 0 aromatic heterocycles. The van der Waals surface area contributed by atoms with Crippen molar-refractivity contribution in [2.45, 2.75) is 280 Å². The highest BCUT2D eigenvalue weighted by molar-refractivity contribution is 5.76. The number of ether oxygens (including phenoxy) is 4. The summed E-state index contributed by atoms with van der Waals surface area (Å²) in [6.45, 7) is 2.56. The molecule has 0 aromatic rings. The summed E-state index contributed by atoms with van der Waals surface area (Å²) in [6.07, 6.45) is 27.9. The van der Waals surface area contributed by atoms with E-state index in [9.17, 15) is 45.6 Å². The molecule has 0 spiro atoms. The van der Waals surface area contributed by atoms with Gasteiger partial charge >= 0.3 is 0 Å². The molecule has 2 heterocycles. The van der Waals surface area contributed by atoms with Gasteiger partial charge < -0.3 is 65.1 Å². The van der Waals surface area contributed by atoms with Gasteiger partial charge in [0.15, 0.2) is 12.6 Å². The number of unbranched alkanes of at least 4 members (excludes halogenated alkanes) is 26. The van der Waals surface area contributed by atoms with Gasteiger partial charge in [0.05, 0.1) is 32.0 Å². The van der Waals surface area contributed by atoms with Crippen molar-refractivity contribution in [3.8, 4) is 0 Å². The number of hydrogen-bond donors (Lipinski definition) is 9. The number of allylic oxidation sites excluding steroid dienone is 3. The summed E-state index contributed by atoms with van der Waals surface area (Å²) in [5.41, 5.74) is 0. The van der Waals surface area contributed by atoms with Crippen LogP contribution in [0.15, 0.2) is 24.3 Å². The molecular formula is C52H97NO13. The van der Waals surface area contributed by atoms with Crippen molar-refractivity contribution in [3.05, 3.63) is 24.3 Å². The molecule has 9 N–H and O–H groups in total. The topological polar surface area (TPSA) is 228 Å². The predicted octanol–water partition coefficient (Wildman–Crippen LogP) is 7.33. The standard InChI is InChI=1S/C52H97NO13/c1-3-5-7-8-9-10-11-12-13-14-15-16-17-18-19-20-21-22-23-24-25-26-27-28-29-30-31-32-34-36-44(57)53-40(41(56)35-33-6-4-2)39-63-51-49(62)47(60)50(43(38-55)65-51)66-52-48(61)46(59)45(58)42(37-54)64-52/h14-15,33,35,40-43,45-52,54-56,58-62H,3-13,16-32,34,36-39H2,1-2H3,(H,53,57)/b15-14-,35-33+. The van der Waals surface area contributed by atoms with Crippen molar-refractivity contribution >= 4 is 5.91 Å². The van der Waals surface area contributed by atoms with Crippen LogP contribution in [0.1, 0.15) is 206 Å². The molecule has 0 bridgehead atoms. The number of nitrogens with one attached hydrogen (secondary N) is 1. The molecule has 0 aliphatic carbocycles. The Morgan fingerprint density at radius 3 is 1.47 bits per heavy atom. The molecule has 2 rings (SSSR count). The van der Waals surface area contributed by atoms with Crippen LogP contribution in [0.5, 0.6) is 0 Å². The first-order chi connectivity index (χ1) is 32.1. The van der Waals surface area contributed by atoms with E-state index in [2.05, 4.69) is 24.4 Å². The Morgan fingerprint density at radius 2 is 0.985 bits per heavy atom. The third-order valence-electron chi connectivity index (χ3n) is 13.1. The van der Waals surface area contributed by atoms with Crippen LogP contribution in [-0.4, -0.2) is 140 Å². The zero-order valence-electron chi connectivity index (χ0n) is 41.2. The predicted molar refractivity (Wildman–Crippen MR) is 258 cm³/mol. The highest BCUT2D eigenvalue weighted by atomic mass is 16.7. The van der Waals surface area contributed by atoms with E-state index >= 15 is 0 Å². The maximum Gasteiger partial charge on any atom is 0.220 e. The molecular weight excluding hydrogens is 847 g/mol. The van der Waals surface area contributed by atoms with Crippen LogP contribution >= 0.6 is 0 Å². The first kappa shape index (κ1) is 60.6. The van der Waals surface area contributed by atoms with E-state index in [1.54, 1.807) is 6.08 Å².